The van der Waals surface area contributed by atoms with Gasteiger partial charge in [0.15, 0.2) is 0 Å². The average Bonchev–Trinajstić information content (AvgIpc) is 2.36. The molecule has 0 aliphatic heterocycles. The molecule has 0 bridgehead atoms. The van der Waals surface area contributed by atoms with Gasteiger partial charge in [-0.05, 0) is 0 Å². The van der Waals surface area contributed by atoms with Crippen molar-refractivity contribution in [1.82, 2.24) is 0 Å². The number of carbonyl (C=O) groups excluding carboxylic acids is 1. The number of ether oxygens (including phenoxy) is 2. The fourth-order valence-electron chi connectivity index (χ4n) is 0.928. The molecule has 0 saturated heterocycles. The van der Waals surface area contributed by atoms with E-state index in [1.54, 1.807) is 0 Å². The highest BCUT2D eigenvalue weighted by Crippen LogP contribution is 2.45. The third-order valence-corrected chi connectivity index (χ3v) is 3.75. The lowest BCUT2D eigenvalue weighted by atomic mass is 10.5. The van der Waals surface area contributed by atoms with E-state index in [2.05, 4.69) is 6.58 Å². The zero-order valence-electron chi connectivity index (χ0n) is 10.2. The molecule has 0 N–H and O–H groups in total. The van der Waals surface area contributed by atoms with Crippen LogP contribution in [0, 0.1) is 0 Å². The van der Waals surface area contributed by atoms with Gasteiger partial charge in [-0.3, -0.25) is 4.57 Å². The van der Waals surface area contributed by atoms with Crippen LogP contribution in [0.3, 0.4) is 0 Å². The Balaban J connectivity index is 3.44. The Bertz CT molecular complexity index is 270. The van der Waals surface area contributed by atoms with Gasteiger partial charge in [-0.2, -0.15) is 0 Å². The van der Waals surface area contributed by atoms with Gasteiger partial charge >= 0.3 is 13.6 Å². The number of hydrogen-bond acceptors (Lipinski definition) is 6. The van der Waals surface area contributed by atoms with Crippen LogP contribution in [0.4, 0.5) is 0 Å². The summed E-state index contributed by atoms with van der Waals surface area (Å²) in [5.74, 6) is -0.451. The fourth-order valence-corrected chi connectivity index (χ4v) is 1.80. The van der Waals surface area contributed by atoms with E-state index in [4.69, 9.17) is 18.5 Å². The summed E-state index contributed by atoms with van der Waals surface area (Å²) in [7, 11) is -0.316. The molecule has 0 atom stereocenters. The van der Waals surface area contributed by atoms with Gasteiger partial charge in [0.25, 0.3) is 0 Å². The molecule has 0 amide bonds. The second kappa shape index (κ2) is 9.36. The van der Waals surface area contributed by atoms with Gasteiger partial charge in [0, 0.05) is 33.3 Å². The number of carbonyl (C=O) groups is 1. The molecule has 17 heavy (non-hydrogen) atoms. The Morgan fingerprint density at radius 1 is 1.24 bits per heavy atom. The summed E-state index contributed by atoms with van der Waals surface area (Å²) in [6.07, 6.45) is 1.88. The first-order valence-corrected chi connectivity index (χ1v) is 6.88. The summed E-state index contributed by atoms with van der Waals surface area (Å²) in [4.78, 5) is 10.7. The van der Waals surface area contributed by atoms with Gasteiger partial charge in [-0.1, -0.05) is 6.58 Å². The summed E-state index contributed by atoms with van der Waals surface area (Å²) in [5.41, 5.74) is 0. The number of hydrogen-bond donors (Lipinski definition) is 0. The van der Waals surface area contributed by atoms with Crippen molar-refractivity contribution in [2.24, 2.45) is 0 Å². The van der Waals surface area contributed by atoms with Gasteiger partial charge in [0.2, 0.25) is 0 Å². The molecule has 100 valence electrons. The second-order valence-corrected chi connectivity index (χ2v) is 5.44. The fraction of sp³-hybridized carbons (Fsp3) is 0.700. The molecule has 0 rings (SSSR count). The molecular formula is C10H19O6P. The lowest BCUT2D eigenvalue weighted by Crippen LogP contribution is -2.08. The first kappa shape index (κ1) is 16.3. The van der Waals surface area contributed by atoms with E-state index < -0.39 is 13.6 Å². The summed E-state index contributed by atoms with van der Waals surface area (Å²) in [6.45, 7) is 4.23. The first-order chi connectivity index (χ1) is 8.08. The number of rotatable bonds is 10. The molecule has 0 fully saturated rings. The van der Waals surface area contributed by atoms with E-state index in [0.717, 1.165) is 6.08 Å². The maximum Gasteiger partial charge on any atom is 0.332 e. The smallest absolute Gasteiger partial charge is 0.332 e. The van der Waals surface area contributed by atoms with Gasteiger partial charge in [-0.15, -0.1) is 0 Å². The monoisotopic (exact) mass is 266 g/mol. The quantitative estimate of drug-likeness (QED) is 0.259. The average molecular weight is 266 g/mol. The Labute approximate surface area is 101 Å². The Hall–Kier alpha value is -0.680. The molecule has 7 heteroatoms. The first-order valence-electron chi connectivity index (χ1n) is 5.15. The van der Waals surface area contributed by atoms with Crippen molar-refractivity contribution in [3.05, 3.63) is 12.7 Å². The van der Waals surface area contributed by atoms with Crippen LogP contribution in [-0.2, 0) is 27.9 Å². The van der Waals surface area contributed by atoms with Crippen LogP contribution in [0.5, 0.6) is 0 Å². The zero-order valence-corrected chi connectivity index (χ0v) is 11.1. The number of esters is 1. The second-order valence-electron chi connectivity index (χ2n) is 3.04. The van der Waals surface area contributed by atoms with E-state index >= 15 is 0 Å². The van der Waals surface area contributed by atoms with E-state index in [9.17, 15) is 9.36 Å². The molecule has 0 aliphatic carbocycles. The molecule has 0 saturated carbocycles. The highest BCUT2D eigenvalue weighted by molar-refractivity contribution is 7.53. The van der Waals surface area contributed by atoms with E-state index in [0.29, 0.717) is 13.0 Å². The van der Waals surface area contributed by atoms with Crippen LogP contribution in [0.15, 0.2) is 12.7 Å². The Kier molecular flexibility index (Phi) is 8.99. The van der Waals surface area contributed by atoms with Gasteiger partial charge < -0.3 is 18.5 Å². The van der Waals surface area contributed by atoms with Crippen LogP contribution >= 0.6 is 7.60 Å². The topological polar surface area (TPSA) is 71.1 Å². The molecular weight excluding hydrogens is 247 g/mol. The van der Waals surface area contributed by atoms with Crippen molar-refractivity contribution in [3.8, 4) is 0 Å². The predicted molar refractivity (Wildman–Crippen MR) is 63.1 cm³/mol. The summed E-state index contributed by atoms with van der Waals surface area (Å²) in [6, 6.07) is 0. The van der Waals surface area contributed by atoms with Crippen LogP contribution in [0.2, 0.25) is 0 Å². The molecule has 0 aliphatic rings. The molecule has 6 nitrogen and oxygen atoms in total. The van der Waals surface area contributed by atoms with Crippen LogP contribution in [0.25, 0.3) is 0 Å². The highest BCUT2D eigenvalue weighted by Gasteiger charge is 2.19. The lowest BCUT2D eigenvalue weighted by molar-refractivity contribution is -0.138. The Morgan fingerprint density at radius 3 is 2.41 bits per heavy atom. The van der Waals surface area contributed by atoms with Crippen molar-refractivity contribution in [3.63, 3.8) is 0 Å². The zero-order chi connectivity index (χ0) is 13.1. The molecule has 0 aromatic rings. The van der Waals surface area contributed by atoms with Crippen molar-refractivity contribution < 1.29 is 27.9 Å². The SMILES string of the molecule is C=CC(=O)OCCCOCCP(=O)(OC)OC. The third kappa shape index (κ3) is 8.10. The van der Waals surface area contributed by atoms with Crippen LogP contribution in [-0.4, -0.2) is 46.2 Å². The normalized spacial score (nSPS) is 11.2. The van der Waals surface area contributed by atoms with Crippen molar-refractivity contribution in [2.45, 2.75) is 6.42 Å². The van der Waals surface area contributed by atoms with Crippen LogP contribution in [0.1, 0.15) is 6.42 Å². The minimum Gasteiger partial charge on any atom is -0.462 e. The summed E-state index contributed by atoms with van der Waals surface area (Å²) in [5, 5.41) is 0. The van der Waals surface area contributed by atoms with Gasteiger partial charge in [0.05, 0.1) is 19.4 Å². The minimum absolute atomic E-state index is 0.201. The maximum atomic E-state index is 11.6. The lowest BCUT2D eigenvalue weighted by Gasteiger charge is -2.13. The molecule has 0 aromatic heterocycles. The van der Waals surface area contributed by atoms with E-state index in [-0.39, 0.29) is 19.4 Å². The van der Waals surface area contributed by atoms with Gasteiger partial charge in [0.1, 0.15) is 0 Å². The van der Waals surface area contributed by atoms with Crippen molar-refractivity contribution >= 4 is 13.6 Å². The van der Waals surface area contributed by atoms with Crippen molar-refractivity contribution in [2.75, 3.05) is 40.2 Å². The van der Waals surface area contributed by atoms with Crippen LogP contribution < -0.4 is 0 Å². The van der Waals surface area contributed by atoms with E-state index in [1.807, 2.05) is 0 Å². The van der Waals surface area contributed by atoms with Crippen molar-refractivity contribution in [1.29, 1.82) is 0 Å². The standard InChI is InChI=1S/C10H19O6P/c1-4-10(11)16-7-5-6-15-8-9-17(12,13-2)14-3/h4H,1,5-9H2,2-3H3. The molecule has 0 unspecified atom stereocenters. The van der Waals surface area contributed by atoms with Gasteiger partial charge in [-0.25, -0.2) is 4.79 Å². The predicted octanol–water partition coefficient (Wildman–Crippen LogP) is 1.61. The maximum absolute atomic E-state index is 11.6. The summed E-state index contributed by atoms with van der Waals surface area (Å²) < 4.78 is 31.0. The molecule has 0 aromatic carbocycles. The minimum atomic E-state index is -2.98. The third-order valence-electron chi connectivity index (χ3n) is 1.91. The summed E-state index contributed by atoms with van der Waals surface area (Å²) >= 11 is 0. The largest absolute Gasteiger partial charge is 0.462 e. The molecule has 0 spiro atoms. The van der Waals surface area contributed by atoms with E-state index in [1.165, 1.54) is 14.2 Å². The molecule has 0 heterocycles. The Morgan fingerprint density at radius 2 is 1.88 bits per heavy atom. The highest BCUT2D eigenvalue weighted by atomic mass is 31.2. The molecule has 0 radical (unpaired) electrons.